The second-order valence-corrected chi connectivity index (χ2v) is 4.03. The molecule has 3 heteroatoms. The molecule has 0 aromatic rings. The predicted molar refractivity (Wildman–Crippen MR) is 38.4 cm³/mol. The van der Waals surface area contributed by atoms with Crippen LogP contribution in [0.15, 0.2) is 9.81 Å². The number of hydrogen-bond donors (Lipinski definition) is 0. The minimum Gasteiger partial charge on any atom is -0.193 e. The molecule has 8 heavy (non-hydrogen) atoms. The van der Waals surface area contributed by atoms with Crippen molar-refractivity contribution in [1.29, 1.82) is 5.26 Å². The molecule has 0 radical (unpaired) electrons. The van der Waals surface area contributed by atoms with Gasteiger partial charge in [-0.15, -0.1) is 23.5 Å². The van der Waals surface area contributed by atoms with Gasteiger partial charge in [-0.2, -0.15) is 5.26 Å². The molecule has 0 saturated carbocycles. The minimum absolute atomic E-state index is 0.867. The van der Waals surface area contributed by atoms with Crippen LogP contribution in [-0.4, -0.2) is 5.08 Å². The van der Waals surface area contributed by atoms with Crippen LogP contribution in [0.5, 0.6) is 0 Å². The molecule has 0 aromatic carbocycles. The summed E-state index contributed by atoms with van der Waals surface area (Å²) in [5.74, 6) is 0. The lowest BCUT2D eigenvalue weighted by Crippen LogP contribution is -1.88. The van der Waals surface area contributed by atoms with E-state index in [2.05, 4.69) is 6.07 Å². The molecule has 0 bridgehead atoms. The van der Waals surface area contributed by atoms with Gasteiger partial charge in [0.25, 0.3) is 0 Å². The third-order valence-electron chi connectivity index (χ3n) is 0.854. The molecule has 1 heterocycles. The third-order valence-corrected chi connectivity index (χ3v) is 3.64. The summed E-state index contributed by atoms with van der Waals surface area (Å²) in [4.78, 5) is 0. The number of nitriles is 1. The van der Waals surface area contributed by atoms with Gasteiger partial charge in [0.1, 0.15) is 0 Å². The fourth-order valence-electron chi connectivity index (χ4n) is 0.380. The highest BCUT2D eigenvalue weighted by molar-refractivity contribution is 8.37. The van der Waals surface area contributed by atoms with Gasteiger partial charge in [-0.05, 0) is 6.92 Å². The smallest absolute Gasteiger partial charge is 0.0961 e. The SMILES string of the molecule is CC(C#N)=C1SCS1. The number of thioether (sulfide) groups is 2. The zero-order valence-electron chi connectivity index (χ0n) is 4.47. The first-order valence-corrected chi connectivity index (χ1v) is 4.18. The Kier molecular flexibility index (Phi) is 1.87. The van der Waals surface area contributed by atoms with Crippen molar-refractivity contribution in [1.82, 2.24) is 0 Å². The van der Waals surface area contributed by atoms with Crippen LogP contribution in [0, 0.1) is 11.3 Å². The molecule has 1 aliphatic heterocycles. The van der Waals surface area contributed by atoms with Crippen LogP contribution in [0.4, 0.5) is 0 Å². The van der Waals surface area contributed by atoms with E-state index in [1.54, 1.807) is 23.5 Å². The molecule has 42 valence electrons. The van der Waals surface area contributed by atoms with Crippen molar-refractivity contribution in [2.75, 3.05) is 5.08 Å². The van der Waals surface area contributed by atoms with Crippen molar-refractivity contribution < 1.29 is 0 Å². The second-order valence-electron chi connectivity index (χ2n) is 1.43. The van der Waals surface area contributed by atoms with E-state index in [-0.39, 0.29) is 0 Å². The quantitative estimate of drug-likeness (QED) is 0.486. The monoisotopic (exact) mass is 143 g/mol. The molecule has 0 atom stereocenters. The van der Waals surface area contributed by atoms with Crippen LogP contribution in [0.25, 0.3) is 0 Å². The Morgan fingerprint density at radius 3 is 2.50 bits per heavy atom. The van der Waals surface area contributed by atoms with Gasteiger partial charge in [-0.3, -0.25) is 0 Å². The van der Waals surface area contributed by atoms with Gasteiger partial charge in [0.2, 0.25) is 0 Å². The summed E-state index contributed by atoms with van der Waals surface area (Å²) in [7, 11) is 0. The van der Waals surface area contributed by atoms with E-state index in [4.69, 9.17) is 5.26 Å². The summed E-state index contributed by atoms with van der Waals surface area (Å²) in [5, 5.41) is 9.46. The molecule has 1 nitrogen and oxygen atoms in total. The van der Waals surface area contributed by atoms with Crippen LogP contribution in [0.2, 0.25) is 0 Å². The van der Waals surface area contributed by atoms with Crippen LogP contribution in [0.1, 0.15) is 6.92 Å². The fourth-order valence-corrected chi connectivity index (χ4v) is 1.85. The molecular formula is C5H5NS2. The third kappa shape index (κ3) is 1.01. The molecule has 1 saturated heterocycles. The summed E-state index contributed by atoms with van der Waals surface area (Å²) in [6.45, 7) is 1.86. The molecular weight excluding hydrogens is 138 g/mol. The molecule has 0 amide bonds. The standard InChI is InChI=1S/C5H5NS2/c1-4(2-6)5-7-3-8-5/h3H2,1H3. The Morgan fingerprint density at radius 2 is 2.38 bits per heavy atom. The van der Waals surface area contributed by atoms with Gasteiger partial charge in [-0.1, -0.05) is 0 Å². The number of nitrogens with zero attached hydrogens (tertiary/aromatic N) is 1. The highest BCUT2D eigenvalue weighted by atomic mass is 32.3. The van der Waals surface area contributed by atoms with Crippen molar-refractivity contribution in [3.8, 4) is 6.07 Å². The van der Waals surface area contributed by atoms with Crippen LogP contribution in [-0.2, 0) is 0 Å². The lowest BCUT2D eigenvalue weighted by molar-refractivity contribution is 1.45. The van der Waals surface area contributed by atoms with E-state index < -0.39 is 0 Å². The van der Waals surface area contributed by atoms with Crippen molar-refractivity contribution >= 4 is 23.5 Å². The first kappa shape index (κ1) is 6.06. The minimum atomic E-state index is 0.867. The van der Waals surface area contributed by atoms with E-state index in [0.29, 0.717) is 0 Å². The summed E-state index contributed by atoms with van der Waals surface area (Å²) in [5.41, 5.74) is 0.867. The maximum absolute atomic E-state index is 8.34. The van der Waals surface area contributed by atoms with Crippen molar-refractivity contribution in [3.05, 3.63) is 9.81 Å². The van der Waals surface area contributed by atoms with Crippen LogP contribution >= 0.6 is 23.5 Å². The summed E-state index contributed by atoms with van der Waals surface area (Å²) in [6, 6.07) is 2.10. The zero-order valence-corrected chi connectivity index (χ0v) is 6.10. The Hall–Kier alpha value is -0.0700. The highest BCUT2D eigenvalue weighted by Gasteiger charge is 2.12. The molecule has 0 spiro atoms. The summed E-state index contributed by atoms with van der Waals surface area (Å²) < 4.78 is 1.20. The first-order valence-electron chi connectivity index (χ1n) is 2.21. The van der Waals surface area contributed by atoms with Gasteiger partial charge >= 0.3 is 0 Å². The van der Waals surface area contributed by atoms with Gasteiger partial charge in [-0.25, -0.2) is 0 Å². The Balaban J connectivity index is 2.64. The topological polar surface area (TPSA) is 23.8 Å². The van der Waals surface area contributed by atoms with Gasteiger partial charge in [0.15, 0.2) is 0 Å². The van der Waals surface area contributed by atoms with Gasteiger partial charge in [0.05, 0.1) is 10.3 Å². The van der Waals surface area contributed by atoms with Crippen molar-refractivity contribution in [2.45, 2.75) is 6.92 Å². The lowest BCUT2D eigenvalue weighted by atomic mass is 10.4. The van der Waals surface area contributed by atoms with Gasteiger partial charge in [0, 0.05) is 10.7 Å². The van der Waals surface area contributed by atoms with Crippen LogP contribution in [0.3, 0.4) is 0 Å². The summed E-state index contributed by atoms with van der Waals surface area (Å²) >= 11 is 3.52. The molecule has 0 aliphatic carbocycles. The second kappa shape index (κ2) is 2.47. The molecule has 1 fully saturated rings. The van der Waals surface area contributed by atoms with Gasteiger partial charge < -0.3 is 0 Å². The normalized spacial score (nSPS) is 16.8. The molecule has 0 aromatic heterocycles. The van der Waals surface area contributed by atoms with E-state index in [9.17, 15) is 0 Å². The number of hydrogen-bond acceptors (Lipinski definition) is 3. The molecule has 1 aliphatic rings. The Bertz CT molecular complexity index is 160. The molecule has 1 rings (SSSR count). The van der Waals surface area contributed by atoms with E-state index >= 15 is 0 Å². The Labute approximate surface area is 57.1 Å². The van der Waals surface area contributed by atoms with Crippen LogP contribution < -0.4 is 0 Å². The predicted octanol–water partition coefficient (Wildman–Crippen LogP) is 2.18. The zero-order chi connectivity index (χ0) is 5.98. The largest absolute Gasteiger partial charge is 0.193 e. The van der Waals surface area contributed by atoms with E-state index in [0.717, 1.165) is 10.7 Å². The average Bonchev–Trinajstić information content (AvgIpc) is 1.62. The number of rotatable bonds is 0. The van der Waals surface area contributed by atoms with Crippen molar-refractivity contribution in [2.24, 2.45) is 0 Å². The maximum atomic E-state index is 8.34. The lowest BCUT2D eigenvalue weighted by Gasteiger charge is -2.14. The Morgan fingerprint density at radius 1 is 1.75 bits per heavy atom. The fraction of sp³-hybridized carbons (Fsp3) is 0.400. The number of allylic oxidation sites excluding steroid dienone is 1. The molecule has 0 unspecified atom stereocenters. The highest BCUT2D eigenvalue weighted by Crippen LogP contribution is 2.44. The first-order chi connectivity index (χ1) is 3.84. The average molecular weight is 143 g/mol. The van der Waals surface area contributed by atoms with E-state index in [1.165, 1.54) is 4.24 Å². The van der Waals surface area contributed by atoms with Crippen molar-refractivity contribution in [3.63, 3.8) is 0 Å². The van der Waals surface area contributed by atoms with E-state index in [1.807, 2.05) is 6.92 Å². The summed E-state index contributed by atoms with van der Waals surface area (Å²) in [6.07, 6.45) is 0. The molecule has 0 N–H and O–H groups in total. The maximum Gasteiger partial charge on any atom is 0.0961 e.